The predicted molar refractivity (Wildman–Crippen MR) is 142 cm³/mol. The Bertz CT molecular complexity index is 783. The van der Waals surface area contributed by atoms with Gasteiger partial charge in [0.15, 0.2) is 14.6 Å². The van der Waals surface area contributed by atoms with Crippen molar-refractivity contribution in [3.63, 3.8) is 0 Å². The molecule has 0 radical (unpaired) electrons. The molecule has 0 saturated heterocycles. The van der Waals surface area contributed by atoms with Crippen molar-refractivity contribution in [2.24, 2.45) is 22.7 Å². The summed E-state index contributed by atoms with van der Waals surface area (Å²) in [6.07, 6.45) is 4.26. The highest BCUT2D eigenvalue weighted by atomic mass is 28.4. The largest absolute Gasteiger partial charge is 0.469 e. The van der Waals surface area contributed by atoms with Crippen LogP contribution in [0.25, 0.3) is 0 Å². The van der Waals surface area contributed by atoms with E-state index in [0.717, 1.165) is 31.3 Å². The average Bonchev–Trinajstić information content (AvgIpc) is 2.77. The molecule has 7 heteroatoms. The zero-order valence-corrected chi connectivity index (χ0v) is 24.9. The quantitative estimate of drug-likeness (QED) is 0.149. The van der Waals surface area contributed by atoms with Gasteiger partial charge in [-0.3, -0.25) is 9.59 Å². The molecule has 1 unspecified atom stereocenters. The smallest absolute Gasteiger partial charge is 0.311 e. The van der Waals surface area contributed by atoms with Gasteiger partial charge in [-0.2, -0.15) is 0 Å². The van der Waals surface area contributed by atoms with Crippen LogP contribution < -0.4 is 0 Å². The topological polar surface area (TPSA) is 71.1 Å². The van der Waals surface area contributed by atoms with Crippen molar-refractivity contribution in [3.8, 4) is 0 Å². The van der Waals surface area contributed by atoms with E-state index >= 15 is 0 Å². The van der Waals surface area contributed by atoms with E-state index in [1.54, 1.807) is 14.2 Å². The predicted octanol–water partition coefficient (Wildman–Crippen LogP) is 6.30. The van der Waals surface area contributed by atoms with Gasteiger partial charge >= 0.3 is 5.97 Å². The second-order valence-corrected chi connectivity index (χ2v) is 17.5. The Labute approximate surface area is 214 Å². The molecule has 0 aromatic carbocycles. The number of methoxy groups -OCH3 is 3. The van der Waals surface area contributed by atoms with Crippen LogP contribution in [0.1, 0.15) is 79.6 Å². The van der Waals surface area contributed by atoms with Crippen molar-refractivity contribution < 1.29 is 28.2 Å². The van der Waals surface area contributed by atoms with E-state index in [9.17, 15) is 9.59 Å². The standard InChI is InChI=1S/C28H50O6Si/c1-19-21(14-13-20(29)17-24(31-7)32-8)27(5)15-12-16-28(6,25(30)33-9)23(27)18-22(19)34-35(10,11)26(2,3)4/h21-24H,1,12-18H2,2-11H3/t21-,22+,23?,27+,28-/m0/s1. The van der Waals surface area contributed by atoms with Gasteiger partial charge < -0.3 is 18.6 Å². The first-order valence-electron chi connectivity index (χ1n) is 13.1. The van der Waals surface area contributed by atoms with Crippen LogP contribution >= 0.6 is 0 Å². The Morgan fingerprint density at radius 1 is 1.11 bits per heavy atom. The Kier molecular flexibility index (Phi) is 9.63. The first-order chi connectivity index (χ1) is 16.1. The maximum Gasteiger partial charge on any atom is 0.311 e. The van der Waals surface area contributed by atoms with Crippen LogP contribution in [0.3, 0.4) is 0 Å². The highest BCUT2D eigenvalue weighted by Crippen LogP contribution is 2.63. The van der Waals surface area contributed by atoms with Gasteiger partial charge in [-0.05, 0) is 73.6 Å². The minimum Gasteiger partial charge on any atom is -0.469 e. The molecule has 0 amide bonds. The molecule has 2 rings (SSSR count). The van der Waals surface area contributed by atoms with Crippen molar-refractivity contribution >= 4 is 20.1 Å². The van der Waals surface area contributed by atoms with Crippen LogP contribution in [0.4, 0.5) is 0 Å². The molecule has 5 atom stereocenters. The van der Waals surface area contributed by atoms with Gasteiger partial charge in [0.05, 0.1) is 25.0 Å². The molecule has 0 N–H and O–H groups in total. The lowest BCUT2D eigenvalue weighted by molar-refractivity contribution is -0.171. The number of hydrogen-bond acceptors (Lipinski definition) is 6. The maximum absolute atomic E-state index is 13.1. The zero-order valence-electron chi connectivity index (χ0n) is 23.9. The first-order valence-corrected chi connectivity index (χ1v) is 16.0. The molecule has 0 bridgehead atoms. The normalized spacial score (nSPS) is 31.9. The van der Waals surface area contributed by atoms with Crippen molar-refractivity contribution in [2.75, 3.05) is 21.3 Å². The first kappa shape index (κ1) is 30.2. The molecule has 0 aromatic heterocycles. The third-order valence-corrected chi connectivity index (χ3v) is 14.1. The lowest BCUT2D eigenvalue weighted by Gasteiger charge is -2.60. The Balaban J connectivity index is 2.42. The summed E-state index contributed by atoms with van der Waals surface area (Å²) in [5, 5.41) is 0.0625. The summed E-state index contributed by atoms with van der Waals surface area (Å²) in [5.74, 6) is 0.172. The number of ether oxygens (including phenoxy) is 3. The highest BCUT2D eigenvalue weighted by Gasteiger charge is 2.60. The molecule has 0 spiro atoms. The number of hydrogen-bond donors (Lipinski definition) is 0. The van der Waals surface area contributed by atoms with E-state index in [0.29, 0.717) is 12.8 Å². The van der Waals surface area contributed by atoms with Gasteiger partial charge in [0, 0.05) is 20.6 Å². The number of rotatable bonds is 10. The van der Waals surface area contributed by atoms with Crippen LogP contribution in [0.5, 0.6) is 0 Å². The minimum absolute atomic E-state index is 0.0625. The van der Waals surface area contributed by atoms with Crippen LogP contribution in [0.2, 0.25) is 18.1 Å². The van der Waals surface area contributed by atoms with E-state index in [4.69, 9.17) is 18.6 Å². The lowest BCUT2D eigenvalue weighted by Crippen LogP contribution is -2.58. The van der Waals surface area contributed by atoms with E-state index in [-0.39, 0.29) is 46.6 Å². The summed E-state index contributed by atoms with van der Waals surface area (Å²) >= 11 is 0. The maximum atomic E-state index is 13.1. The van der Waals surface area contributed by atoms with Crippen LogP contribution in [0, 0.1) is 22.7 Å². The fraction of sp³-hybridized carbons (Fsp3) is 0.857. The summed E-state index contributed by atoms with van der Waals surface area (Å²) in [6.45, 7) is 20.2. The highest BCUT2D eigenvalue weighted by molar-refractivity contribution is 6.74. The molecule has 2 aliphatic carbocycles. The zero-order chi connectivity index (χ0) is 26.8. The molecule has 2 saturated carbocycles. The van der Waals surface area contributed by atoms with Gasteiger partial charge in [-0.15, -0.1) is 0 Å². The molecular formula is C28H50O6Si. The second kappa shape index (κ2) is 11.2. The van der Waals surface area contributed by atoms with Crippen molar-refractivity contribution in [1.29, 1.82) is 0 Å². The lowest BCUT2D eigenvalue weighted by atomic mass is 9.46. The number of carbonyl (C=O) groups is 2. The molecule has 0 aliphatic heterocycles. The van der Waals surface area contributed by atoms with Gasteiger partial charge in [-0.25, -0.2) is 0 Å². The SMILES string of the molecule is C=C1[C@H](O[Si](C)(C)C(C)(C)C)CC2[C@](C)(CCC[C@]2(C)C(=O)OC)[C@H]1CCC(=O)CC(OC)OC. The fourth-order valence-corrected chi connectivity index (χ4v) is 7.69. The molecule has 6 nitrogen and oxygen atoms in total. The van der Waals surface area contributed by atoms with Gasteiger partial charge in [0.1, 0.15) is 5.78 Å². The van der Waals surface area contributed by atoms with E-state index < -0.39 is 20.0 Å². The number of Topliss-reactive ketones (excluding diaryl/α,β-unsaturated/α-hetero) is 1. The molecule has 35 heavy (non-hydrogen) atoms. The third-order valence-electron chi connectivity index (χ3n) is 9.61. The van der Waals surface area contributed by atoms with Crippen LogP contribution in [0.15, 0.2) is 12.2 Å². The molecule has 0 heterocycles. The van der Waals surface area contributed by atoms with Crippen LogP contribution in [-0.4, -0.2) is 53.8 Å². The second-order valence-electron chi connectivity index (χ2n) is 12.7. The molecule has 2 fully saturated rings. The van der Waals surface area contributed by atoms with Crippen LogP contribution in [-0.2, 0) is 28.2 Å². The minimum atomic E-state index is -2.08. The number of carbonyl (C=O) groups excluding carboxylic acids is 2. The van der Waals surface area contributed by atoms with E-state index in [1.807, 2.05) is 0 Å². The van der Waals surface area contributed by atoms with E-state index in [1.165, 1.54) is 7.11 Å². The summed E-state index contributed by atoms with van der Waals surface area (Å²) in [4.78, 5) is 25.9. The number of fused-ring (bicyclic) bond motifs is 1. The van der Waals surface area contributed by atoms with E-state index in [2.05, 4.69) is 54.3 Å². The van der Waals surface area contributed by atoms with Crippen molar-refractivity contribution in [2.45, 2.75) is 110 Å². The summed E-state index contributed by atoms with van der Waals surface area (Å²) in [5.41, 5.74) is 0.371. The van der Waals surface area contributed by atoms with Gasteiger partial charge in [0.2, 0.25) is 0 Å². The van der Waals surface area contributed by atoms with Crippen molar-refractivity contribution in [3.05, 3.63) is 12.2 Å². The average molecular weight is 511 g/mol. The number of esters is 1. The molecular weight excluding hydrogens is 460 g/mol. The monoisotopic (exact) mass is 510 g/mol. The van der Waals surface area contributed by atoms with Crippen molar-refractivity contribution in [1.82, 2.24) is 0 Å². The Morgan fingerprint density at radius 2 is 1.71 bits per heavy atom. The van der Waals surface area contributed by atoms with Gasteiger partial charge in [-0.1, -0.05) is 40.7 Å². The Morgan fingerprint density at radius 3 is 2.23 bits per heavy atom. The Hall–Kier alpha value is -1.02. The molecule has 202 valence electrons. The summed E-state index contributed by atoms with van der Waals surface area (Å²) in [7, 11) is 2.51. The molecule has 0 aromatic rings. The third kappa shape index (κ3) is 6.11. The number of ketones is 1. The molecule has 2 aliphatic rings. The van der Waals surface area contributed by atoms with Gasteiger partial charge in [0.25, 0.3) is 0 Å². The summed E-state index contributed by atoms with van der Waals surface area (Å²) < 4.78 is 22.7. The fourth-order valence-electron chi connectivity index (χ4n) is 6.38. The summed E-state index contributed by atoms with van der Waals surface area (Å²) in [6, 6.07) is 0.